The maximum absolute atomic E-state index is 12.1. The quantitative estimate of drug-likeness (QED) is 0.838. The normalized spacial score (nSPS) is 18.4. The Morgan fingerprint density at radius 1 is 1.50 bits per heavy atom. The fraction of sp³-hybridized carbons (Fsp3) is 0.643. The Labute approximate surface area is 135 Å². The van der Waals surface area contributed by atoms with Crippen molar-refractivity contribution in [2.24, 2.45) is 0 Å². The molecule has 2 heterocycles. The van der Waals surface area contributed by atoms with Gasteiger partial charge in [-0.25, -0.2) is 9.78 Å². The fourth-order valence-corrected chi connectivity index (χ4v) is 2.52. The first-order chi connectivity index (χ1) is 10.2. The summed E-state index contributed by atoms with van der Waals surface area (Å²) in [6.45, 7) is 6.98. The highest BCUT2D eigenvalue weighted by Crippen LogP contribution is 2.24. The predicted molar refractivity (Wildman–Crippen MR) is 86.1 cm³/mol. The minimum absolute atomic E-state index is 0.0600. The van der Waals surface area contributed by atoms with Gasteiger partial charge in [0.1, 0.15) is 16.6 Å². The molecule has 0 unspecified atom stereocenters. The molecule has 8 heteroatoms. The number of hydrogen-bond donors (Lipinski definition) is 1. The van der Waals surface area contributed by atoms with E-state index in [0.29, 0.717) is 17.5 Å². The van der Waals surface area contributed by atoms with Crippen LogP contribution in [-0.2, 0) is 4.74 Å². The van der Waals surface area contributed by atoms with Crippen LogP contribution in [0.5, 0.6) is 0 Å². The van der Waals surface area contributed by atoms with E-state index in [4.69, 9.17) is 22.1 Å². The van der Waals surface area contributed by atoms with Crippen LogP contribution in [0.1, 0.15) is 27.2 Å². The van der Waals surface area contributed by atoms with Gasteiger partial charge in [0.05, 0.1) is 6.04 Å². The Morgan fingerprint density at radius 2 is 2.18 bits per heavy atom. The topological polar surface area (TPSA) is 84.6 Å². The third kappa shape index (κ3) is 4.13. The lowest BCUT2D eigenvalue weighted by Gasteiger charge is -2.28. The van der Waals surface area contributed by atoms with Crippen molar-refractivity contribution in [2.75, 3.05) is 30.8 Å². The summed E-state index contributed by atoms with van der Waals surface area (Å²) in [6.07, 6.45) is 0.511. The zero-order chi connectivity index (χ0) is 16.5. The second-order valence-electron chi connectivity index (χ2n) is 6.39. The number of nitrogens with two attached hydrogens (primary N) is 1. The van der Waals surface area contributed by atoms with Gasteiger partial charge in [-0.2, -0.15) is 4.98 Å². The maximum Gasteiger partial charge on any atom is 0.410 e. The first kappa shape index (κ1) is 16.6. The second kappa shape index (κ2) is 6.16. The first-order valence-electron chi connectivity index (χ1n) is 7.16. The van der Waals surface area contributed by atoms with Crippen molar-refractivity contribution >= 4 is 29.5 Å². The number of aromatic nitrogens is 2. The van der Waals surface area contributed by atoms with Crippen LogP contribution in [0.3, 0.4) is 0 Å². The summed E-state index contributed by atoms with van der Waals surface area (Å²) in [6, 6.07) is 1.73. The zero-order valence-electron chi connectivity index (χ0n) is 13.3. The second-order valence-corrected chi connectivity index (χ2v) is 6.77. The average Bonchev–Trinajstić information content (AvgIpc) is 2.84. The highest BCUT2D eigenvalue weighted by Gasteiger charge is 2.31. The smallest absolute Gasteiger partial charge is 0.410 e. The lowest BCUT2D eigenvalue weighted by atomic mass is 10.2. The lowest BCUT2D eigenvalue weighted by molar-refractivity contribution is 0.0238. The van der Waals surface area contributed by atoms with E-state index in [1.807, 2.05) is 25.7 Å². The monoisotopic (exact) mass is 327 g/mol. The molecule has 1 aromatic rings. The number of carbonyl (C=O) groups is 1. The van der Waals surface area contributed by atoms with Crippen LogP contribution in [-0.4, -0.2) is 52.7 Å². The van der Waals surface area contributed by atoms with Crippen molar-refractivity contribution in [3.05, 3.63) is 11.2 Å². The highest BCUT2D eigenvalue weighted by molar-refractivity contribution is 6.29. The van der Waals surface area contributed by atoms with Gasteiger partial charge in [0, 0.05) is 26.2 Å². The molecule has 2 rings (SSSR count). The molecule has 7 nitrogen and oxygen atoms in total. The van der Waals surface area contributed by atoms with Gasteiger partial charge in [-0.05, 0) is 27.2 Å². The molecule has 1 fully saturated rings. The Morgan fingerprint density at radius 3 is 2.77 bits per heavy atom. The third-order valence-electron chi connectivity index (χ3n) is 3.42. The van der Waals surface area contributed by atoms with Crippen LogP contribution in [0.15, 0.2) is 6.07 Å². The molecule has 0 aromatic carbocycles. The van der Waals surface area contributed by atoms with Crippen LogP contribution in [0.2, 0.25) is 5.15 Å². The van der Waals surface area contributed by atoms with Crippen molar-refractivity contribution in [1.29, 1.82) is 0 Å². The number of likely N-dealkylation sites (N-methyl/N-ethyl adjacent to an activating group) is 1. The molecule has 1 amide bonds. The molecular formula is C14H22ClN5O2. The number of anilines is 2. The van der Waals surface area contributed by atoms with Gasteiger partial charge in [-0.1, -0.05) is 11.6 Å². The van der Waals surface area contributed by atoms with Crippen molar-refractivity contribution in [3.8, 4) is 0 Å². The van der Waals surface area contributed by atoms with Crippen molar-refractivity contribution in [1.82, 2.24) is 14.9 Å². The van der Waals surface area contributed by atoms with Crippen LogP contribution in [0.25, 0.3) is 0 Å². The van der Waals surface area contributed by atoms with Gasteiger partial charge in [0.25, 0.3) is 0 Å². The van der Waals surface area contributed by atoms with Gasteiger partial charge >= 0.3 is 6.09 Å². The van der Waals surface area contributed by atoms with Gasteiger partial charge in [-0.3, -0.25) is 0 Å². The summed E-state index contributed by atoms with van der Waals surface area (Å²) in [4.78, 5) is 23.8. The molecular weight excluding hydrogens is 306 g/mol. The van der Waals surface area contributed by atoms with Gasteiger partial charge in [-0.15, -0.1) is 0 Å². The number of nitrogen functional groups attached to an aromatic ring is 1. The summed E-state index contributed by atoms with van der Waals surface area (Å²) < 4.78 is 5.39. The van der Waals surface area contributed by atoms with Crippen molar-refractivity contribution in [2.45, 2.75) is 38.8 Å². The Kier molecular flexibility index (Phi) is 4.65. The van der Waals surface area contributed by atoms with Crippen LogP contribution in [0.4, 0.5) is 16.6 Å². The molecule has 1 saturated heterocycles. The third-order valence-corrected chi connectivity index (χ3v) is 3.61. The van der Waals surface area contributed by atoms with E-state index in [9.17, 15) is 4.79 Å². The Bertz CT molecular complexity index is 540. The number of rotatable bonds is 2. The molecule has 1 atom stereocenters. The highest BCUT2D eigenvalue weighted by atomic mass is 35.5. The van der Waals surface area contributed by atoms with Crippen LogP contribution >= 0.6 is 11.6 Å². The summed E-state index contributed by atoms with van der Waals surface area (Å²) in [5.74, 6) is 0.823. The summed E-state index contributed by atoms with van der Waals surface area (Å²) in [5.41, 5.74) is 5.12. The number of nitrogens with zero attached hydrogens (tertiary/aromatic N) is 4. The SMILES string of the molecule is CN(C(=O)OC(C)(C)C)[C@@H]1CCN(c2cc(Cl)nc(N)n2)C1. The van der Waals surface area contributed by atoms with E-state index < -0.39 is 5.60 Å². The summed E-state index contributed by atoms with van der Waals surface area (Å²) in [7, 11) is 1.75. The Balaban J connectivity index is 2.01. The molecule has 1 aliphatic heterocycles. The number of halogens is 1. The number of amides is 1. The van der Waals surface area contributed by atoms with Crippen LogP contribution < -0.4 is 10.6 Å². The predicted octanol–water partition coefficient (Wildman–Crippen LogP) is 2.16. The molecule has 2 N–H and O–H groups in total. The van der Waals surface area contributed by atoms with Gasteiger partial charge in [0.2, 0.25) is 5.95 Å². The molecule has 122 valence electrons. The average molecular weight is 328 g/mol. The summed E-state index contributed by atoms with van der Waals surface area (Å²) >= 11 is 5.91. The van der Waals surface area contributed by atoms with E-state index in [2.05, 4.69) is 9.97 Å². The maximum atomic E-state index is 12.1. The van der Waals surface area contributed by atoms with Gasteiger partial charge < -0.3 is 20.3 Å². The van der Waals surface area contributed by atoms with E-state index in [1.54, 1.807) is 18.0 Å². The molecule has 1 aromatic heterocycles. The molecule has 1 aliphatic rings. The number of carbonyl (C=O) groups excluding carboxylic acids is 1. The van der Waals surface area contributed by atoms with E-state index >= 15 is 0 Å². The van der Waals surface area contributed by atoms with E-state index in [0.717, 1.165) is 13.0 Å². The number of ether oxygens (including phenoxy) is 1. The molecule has 0 spiro atoms. The molecule has 0 aliphatic carbocycles. The lowest BCUT2D eigenvalue weighted by Crippen LogP contribution is -2.42. The van der Waals surface area contributed by atoms with Gasteiger partial charge in [0.15, 0.2) is 0 Å². The molecule has 0 bridgehead atoms. The standard InChI is InChI=1S/C14H22ClN5O2/c1-14(2,3)22-13(21)19(4)9-5-6-20(8-9)11-7-10(15)17-12(16)18-11/h7,9H,5-6,8H2,1-4H3,(H2,16,17,18)/t9-/m1/s1. The van der Waals surface area contributed by atoms with Crippen molar-refractivity contribution < 1.29 is 9.53 Å². The first-order valence-corrected chi connectivity index (χ1v) is 7.54. The zero-order valence-corrected chi connectivity index (χ0v) is 14.1. The number of hydrogen-bond acceptors (Lipinski definition) is 6. The van der Waals surface area contributed by atoms with Crippen molar-refractivity contribution in [3.63, 3.8) is 0 Å². The minimum Gasteiger partial charge on any atom is -0.444 e. The largest absolute Gasteiger partial charge is 0.444 e. The van der Waals surface area contributed by atoms with Crippen LogP contribution in [0, 0.1) is 0 Å². The summed E-state index contributed by atoms with van der Waals surface area (Å²) in [5, 5.41) is 0.312. The molecule has 22 heavy (non-hydrogen) atoms. The minimum atomic E-state index is -0.502. The Hall–Kier alpha value is -1.76. The van der Waals surface area contributed by atoms with E-state index in [-0.39, 0.29) is 18.1 Å². The molecule has 0 saturated carbocycles. The fourth-order valence-electron chi connectivity index (χ4n) is 2.33. The molecule has 0 radical (unpaired) electrons. The van der Waals surface area contributed by atoms with E-state index in [1.165, 1.54) is 0 Å².